The summed E-state index contributed by atoms with van der Waals surface area (Å²) in [5.41, 5.74) is -0.972. The van der Waals surface area contributed by atoms with E-state index in [4.69, 9.17) is 5.11 Å². The monoisotopic (exact) mass is 331 g/mol. The lowest BCUT2D eigenvalue weighted by molar-refractivity contribution is -0.139. The fourth-order valence-electron chi connectivity index (χ4n) is 0.960. The highest BCUT2D eigenvalue weighted by Crippen LogP contribution is 2.30. The molecule has 0 aliphatic carbocycles. The van der Waals surface area contributed by atoms with Crippen LogP contribution in [0.2, 0.25) is 0 Å². The zero-order valence-electron chi connectivity index (χ0n) is 7.18. The molecule has 0 aromatic carbocycles. The highest BCUT2D eigenvalue weighted by atomic mass is 127. The molecule has 1 aromatic heterocycles. The average Bonchev–Trinajstić information content (AvgIpc) is 1.99. The number of rotatable bonds is 2. The smallest absolute Gasteiger partial charge is 0.416 e. The van der Waals surface area contributed by atoms with E-state index in [1.54, 1.807) is 22.6 Å². The zero-order valence-corrected chi connectivity index (χ0v) is 9.33. The van der Waals surface area contributed by atoms with Crippen LogP contribution in [0.1, 0.15) is 11.3 Å². The van der Waals surface area contributed by atoms with E-state index >= 15 is 0 Å². The molecule has 82 valence electrons. The van der Waals surface area contributed by atoms with Gasteiger partial charge < -0.3 is 5.11 Å². The number of aliphatic carboxylic acids is 1. The molecule has 0 saturated heterocycles. The van der Waals surface area contributed by atoms with E-state index in [2.05, 4.69) is 4.98 Å². The number of aromatic nitrogens is 1. The van der Waals surface area contributed by atoms with Crippen LogP contribution in [0, 0.1) is 3.70 Å². The van der Waals surface area contributed by atoms with Crippen LogP contribution in [-0.2, 0) is 17.4 Å². The quantitative estimate of drug-likeness (QED) is 0.669. The normalized spacial score (nSPS) is 11.5. The number of alkyl halides is 3. The summed E-state index contributed by atoms with van der Waals surface area (Å²) >= 11 is 1.61. The summed E-state index contributed by atoms with van der Waals surface area (Å²) in [4.78, 5) is 14.0. The number of pyridine rings is 1. The van der Waals surface area contributed by atoms with Crippen molar-refractivity contribution in [3.8, 4) is 0 Å². The van der Waals surface area contributed by atoms with E-state index in [9.17, 15) is 18.0 Å². The molecule has 1 aromatic rings. The lowest BCUT2D eigenvalue weighted by Gasteiger charge is -2.08. The SMILES string of the molecule is O=C(O)Cc1cc(C(F)(F)F)cc(I)n1. The minimum atomic E-state index is -4.48. The minimum Gasteiger partial charge on any atom is -0.481 e. The zero-order chi connectivity index (χ0) is 11.6. The largest absolute Gasteiger partial charge is 0.481 e. The van der Waals surface area contributed by atoms with Gasteiger partial charge in [-0.25, -0.2) is 4.98 Å². The number of hydrogen-bond donors (Lipinski definition) is 1. The third kappa shape index (κ3) is 3.65. The van der Waals surface area contributed by atoms with Crippen molar-refractivity contribution in [2.75, 3.05) is 0 Å². The standard InChI is InChI=1S/C8H5F3INO2/c9-8(10,11)4-1-5(3-7(14)15)13-6(12)2-4/h1-2H,3H2,(H,14,15). The first-order valence-corrected chi connectivity index (χ1v) is 4.82. The molecule has 0 saturated carbocycles. The molecule has 1 N–H and O–H groups in total. The highest BCUT2D eigenvalue weighted by molar-refractivity contribution is 14.1. The van der Waals surface area contributed by atoms with Crippen molar-refractivity contribution in [3.63, 3.8) is 0 Å². The van der Waals surface area contributed by atoms with Crippen LogP contribution in [0.25, 0.3) is 0 Å². The first kappa shape index (κ1) is 12.2. The van der Waals surface area contributed by atoms with Gasteiger partial charge in [-0.15, -0.1) is 0 Å². The van der Waals surface area contributed by atoms with Gasteiger partial charge in [-0.3, -0.25) is 4.79 Å². The van der Waals surface area contributed by atoms with E-state index in [0.717, 1.165) is 12.1 Å². The molecular formula is C8H5F3INO2. The van der Waals surface area contributed by atoms with E-state index < -0.39 is 24.1 Å². The molecule has 0 unspecified atom stereocenters. The van der Waals surface area contributed by atoms with Gasteiger partial charge in [0.1, 0.15) is 3.70 Å². The Labute approximate surface area is 96.5 Å². The van der Waals surface area contributed by atoms with Crippen LogP contribution < -0.4 is 0 Å². The van der Waals surface area contributed by atoms with Gasteiger partial charge in [0.05, 0.1) is 17.7 Å². The van der Waals surface area contributed by atoms with Gasteiger partial charge in [0, 0.05) is 0 Å². The summed E-state index contributed by atoms with van der Waals surface area (Å²) in [6, 6.07) is 1.61. The van der Waals surface area contributed by atoms with Gasteiger partial charge in [-0.2, -0.15) is 13.2 Å². The highest BCUT2D eigenvalue weighted by Gasteiger charge is 2.31. The predicted molar refractivity (Wildman–Crippen MR) is 53.3 cm³/mol. The third-order valence-electron chi connectivity index (χ3n) is 1.51. The second-order valence-corrected chi connectivity index (χ2v) is 3.84. The number of nitrogens with zero attached hydrogens (tertiary/aromatic N) is 1. The van der Waals surface area contributed by atoms with E-state index in [0.29, 0.717) is 0 Å². The van der Waals surface area contributed by atoms with Crippen molar-refractivity contribution in [2.45, 2.75) is 12.6 Å². The number of hydrogen-bond acceptors (Lipinski definition) is 2. The van der Waals surface area contributed by atoms with E-state index in [1.807, 2.05) is 0 Å². The molecule has 0 amide bonds. The fourth-order valence-corrected chi connectivity index (χ4v) is 1.61. The molecule has 15 heavy (non-hydrogen) atoms. The molecule has 0 fully saturated rings. The Morgan fingerprint density at radius 3 is 2.53 bits per heavy atom. The van der Waals surface area contributed by atoms with Crippen LogP contribution in [0.5, 0.6) is 0 Å². The Hall–Kier alpha value is -0.860. The number of carbonyl (C=O) groups is 1. The Morgan fingerprint density at radius 2 is 2.07 bits per heavy atom. The molecule has 7 heteroatoms. The molecule has 0 atom stereocenters. The van der Waals surface area contributed by atoms with Crippen LogP contribution in [0.3, 0.4) is 0 Å². The maximum absolute atomic E-state index is 12.3. The maximum atomic E-state index is 12.3. The molecule has 1 rings (SSSR count). The van der Waals surface area contributed by atoms with Crippen LogP contribution in [0.15, 0.2) is 12.1 Å². The average molecular weight is 331 g/mol. The van der Waals surface area contributed by atoms with Crippen molar-refractivity contribution in [1.29, 1.82) is 0 Å². The van der Waals surface area contributed by atoms with E-state index in [-0.39, 0.29) is 9.39 Å². The summed E-state index contributed by atoms with van der Waals surface area (Å²) in [6.07, 6.45) is -4.99. The second kappa shape index (κ2) is 4.33. The Bertz CT molecular complexity index is 392. The summed E-state index contributed by atoms with van der Waals surface area (Å²) in [7, 11) is 0. The Kier molecular flexibility index (Phi) is 3.53. The van der Waals surface area contributed by atoms with Gasteiger partial charge in [0.25, 0.3) is 0 Å². The summed E-state index contributed by atoms with van der Waals surface area (Å²) < 4.78 is 37.0. The molecule has 0 aliphatic heterocycles. The van der Waals surface area contributed by atoms with Gasteiger partial charge in [0.2, 0.25) is 0 Å². The minimum absolute atomic E-state index is 0.0956. The van der Waals surface area contributed by atoms with Crippen LogP contribution >= 0.6 is 22.6 Å². The van der Waals surface area contributed by atoms with Crippen molar-refractivity contribution in [3.05, 3.63) is 27.1 Å². The van der Waals surface area contributed by atoms with Gasteiger partial charge in [-0.05, 0) is 34.7 Å². The number of halogens is 4. The lowest BCUT2D eigenvalue weighted by Crippen LogP contribution is -2.10. The van der Waals surface area contributed by atoms with Gasteiger partial charge in [0.15, 0.2) is 0 Å². The van der Waals surface area contributed by atoms with Gasteiger partial charge in [-0.1, -0.05) is 0 Å². The maximum Gasteiger partial charge on any atom is 0.416 e. The van der Waals surface area contributed by atoms with Crippen molar-refractivity contribution in [1.82, 2.24) is 4.98 Å². The first-order valence-electron chi connectivity index (χ1n) is 3.74. The van der Waals surface area contributed by atoms with E-state index in [1.165, 1.54) is 0 Å². The molecule has 0 radical (unpaired) electrons. The number of carboxylic acid groups (broad SMARTS) is 1. The summed E-state index contributed by atoms with van der Waals surface area (Å²) in [6.45, 7) is 0. The first-order chi connectivity index (χ1) is 6.79. The summed E-state index contributed by atoms with van der Waals surface area (Å²) in [5.74, 6) is -1.21. The lowest BCUT2D eigenvalue weighted by atomic mass is 10.2. The fraction of sp³-hybridized carbons (Fsp3) is 0.250. The van der Waals surface area contributed by atoms with Crippen molar-refractivity contribution < 1.29 is 23.1 Å². The van der Waals surface area contributed by atoms with Crippen LogP contribution in [0.4, 0.5) is 13.2 Å². The molecule has 3 nitrogen and oxygen atoms in total. The van der Waals surface area contributed by atoms with Crippen molar-refractivity contribution in [2.24, 2.45) is 0 Å². The molecule has 1 heterocycles. The topological polar surface area (TPSA) is 50.2 Å². The van der Waals surface area contributed by atoms with Crippen molar-refractivity contribution >= 4 is 28.6 Å². The molecular weight excluding hydrogens is 326 g/mol. The van der Waals surface area contributed by atoms with Crippen LogP contribution in [-0.4, -0.2) is 16.1 Å². The Morgan fingerprint density at radius 1 is 1.47 bits per heavy atom. The molecule has 0 bridgehead atoms. The second-order valence-electron chi connectivity index (χ2n) is 2.74. The summed E-state index contributed by atoms with van der Waals surface area (Å²) in [5, 5.41) is 8.43. The predicted octanol–water partition coefficient (Wildman–Crippen LogP) is 2.33. The van der Waals surface area contributed by atoms with Gasteiger partial charge >= 0.3 is 12.1 Å². The molecule has 0 spiro atoms. The Balaban J connectivity index is 3.11. The number of carboxylic acids is 1. The third-order valence-corrected chi connectivity index (χ3v) is 2.06. The molecule has 0 aliphatic rings.